The molecule has 0 aliphatic heterocycles. The van der Waals surface area contributed by atoms with Crippen LogP contribution in [0.3, 0.4) is 0 Å². The van der Waals surface area contributed by atoms with E-state index in [-0.39, 0.29) is 11.4 Å². The first-order valence-corrected chi connectivity index (χ1v) is 3.89. The molecule has 1 aliphatic carbocycles. The molecular formula is C10H10NO2. The number of Topliss-reactive ketones (excluding diaryl/α,β-unsaturated/α-hetero) is 1. The first kappa shape index (κ1) is 9.61. The number of carbonyl (C=O) groups excluding carboxylic acids is 2. The van der Waals surface area contributed by atoms with E-state index in [0.29, 0.717) is 0 Å². The smallest absolute Gasteiger partial charge is 0.237 e. The molecule has 0 heterocycles. The van der Waals surface area contributed by atoms with Crippen molar-refractivity contribution in [2.24, 2.45) is 11.7 Å². The lowest BCUT2D eigenvalue weighted by Gasteiger charge is -2.17. The maximum atomic E-state index is 11.4. The summed E-state index contributed by atoms with van der Waals surface area (Å²) in [7, 11) is 0. The summed E-state index contributed by atoms with van der Waals surface area (Å²) in [6.45, 7) is 3.49. The van der Waals surface area contributed by atoms with Gasteiger partial charge in [-0.3, -0.25) is 9.59 Å². The third-order valence-electron chi connectivity index (χ3n) is 1.95. The molecule has 13 heavy (non-hydrogen) atoms. The van der Waals surface area contributed by atoms with Gasteiger partial charge in [-0.2, -0.15) is 0 Å². The molecule has 0 aromatic rings. The van der Waals surface area contributed by atoms with E-state index in [9.17, 15) is 9.59 Å². The molecule has 0 bridgehead atoms. The number of rotatable bonds is 3. The molecular weight excluding hydrogens is 166 g/mol. The van der Waals surface area contributed by atoms with Crippen LogP contribution in [-0.4, -0.2) is 18.1 Å². The van der Waals surface area contributed by atoms with Crippen molar-refractivity contribution >= 4 is 12.1 Å². The topological polar surface area (TPSA) is 60.2 Å². The molecule has 1 radical (unpaired) electrons. The fourth-order valence-corrected chi connectivity index (χ4v) is 1.15. The average Bonchev–Trinajstić information content (AvgIpc) is 2.17. The maximum Gasteiger partial charge on any atom is 0.237 e. The number of allylic oxidation sites excluding steroid dienone is 3. The summed E-state index contributed by atoms with van der Waals surface area (Å²) in [5, 5.41) is 0. The third-order valence-corrected chi connectivity index (χ3v) is 1.95. The monoisotopic (exact) mass is 176 g/mol. The van der Waals surface area contributed by atoms with E-state index in [1.807, 2.05) is 0 Å². The Kier molecular flexibility index (Phi) is 2.93. The second kappa shape index (κ2) is 3.96. The Morgan fingerprint density at radius 3 is 2.92 bits per heavy atom. The summed E-state index contributed by atoms with van der Waals surface area (Å²) in [6.07, 6.45) is 7.80. The average molecular weight is 176 g/mol. The first-order valence-electron chi connectivity index (χ1n) is 3.89. The van der Waals surface area contributed by atoms with E-state index in [4.69, 9.17) is 5.73 Å². The van der Waals surface area contributed by atoms with Crippen molar-refractivity contribution in [3.05, 3.63) is 36.5 Å². The molecule has 2 unspecified atom stereocenters. The van der Waals surface area contributed by atoms with E-state index in [1.165, 1.54) is 12.2 Å². The van der Waals surface area contributed by atoms with Crippen molar-refractivity contribution in [3.63, 3.8) is 0 Å². The number of carbonyl (C=O) groups is 1. The van der Waals surface area contributed by atoms with Gasteiger partial charge in [-0.15, -0.1) is 6.58 Å². The standard InChI is InChI=1S/C10H10NO2/c1-2-9(11)8-5-3-4-7(6-12)10(8)13/h2-5,8-9H,1,11H2. The van der Waals surface area contributed by atoms with Gasteiger partial charge in [0.1, 0.15) is 0 Å². The Balaban J connectivity index is 2.89. The summed E-state index contributed by atoms with van der Waals surface area (Å²) in [6, 6.07) is -0.444. The molecule has 2 N–H and O–H groups in total. The van der Waals surface area contributed by atoms with E-state index in [1.54, 1.807) is 18.4 Å². The van der Waals surface area contributed by atoms with Crippen LogP contribution in [0, 0.1) is 5.92 Å². The molecule has 3 nitrogen and oxygen atoms in total. The van der Waals surface area contributed by atoms with Gasteiger partial charge in [-0.05, 0) is 6.08 Å². The van der Waals surface area contributed by atoms with Crippen LogP contribution in [0.5, 0.6) is 0 Å². The van der Waals surface area contributed by atoms with E-state index < -0.39 is 12.0 Å². The first-order chi connectivity index (χ1) is 6.20. The van der Waals surface area contributed by atoms with Crippen LogP contribution < -0.4 is 5.73 Å². The minimum absolute atomic E-state index is 0.0461. The van der Waals surface area contributed by atoms with Gasteiger partial charge in [0.05, 0.1) is 11.5 Å². The summed E-state index contributed by atoms with van der Waals surface area (Å²) in [5.41, 5.74) is 5.65. The van der Waals surface area contributed by atoms with Crippen LogP contribution in [0.1, 0.15) is 0 Å². The van der Waals surface area contributed by atoms with Crippen molar-refractivity contribution in [3.8, 4) is 0 Å². The Morgan fingerprint density at radius 2 is 2.38 bits per heavy atom. The van der Waals surface area contributed by atoms with Crippen LogP contribution in [0.4, 0.5) is 0 Å². The van der Waals surface area contributed by atoms with Crippen LogP contribution in [0.25, 0.3) is 0 Å². The van der Waals surface area contributed by atoms with Gasteiger partial charge in [0.25, 0.3) is 0 Å². The lowest BCUT2D eigenvalue weighted by Crippen LogP contribution is -2.34. The predicted molar refractivity (Wildman–Crippen MR) is 49.6 cm³/mol. The highest BCUT2D eigenvalue weighted by molar-refractivity contribution is 6.14. The lowest BCUT2D eigenvalue weighted by atomic mass is 9.88. The molecule has 3 heteroatoms. The highest BCUT2D eigenvalue weighted by atomic mass is 16.1. The molecule has 0 spiro atoms. The number of nitrogens with two attached hydrogens (primary N) is 1. The van der Waals surface area contributed by atoms with E-state index in [2.05, 4.69) is 6.58 Å². The molecule has 2 atom stereocenters. The maximum absolute atomic E-state index is 11.4. The Hall–Kier alpha value is -1.48. The minimum atomic E-state index is -0.473. The molecule has 1 rings (SSSR count). The van der Waals surface area contributed by atoms with E-state index in [0.717, 1.165) is 0 Å². The van der Waals surface area contributed by atoms with Crippen molar-refractivity contribution < 1.29 is 9.59 Å². The van der Waals surface area contributed by atoms with Crippen molar-refractivity contribution in [2.75, 3.05) is 0 Å². The van der Waals surface area contributed by atoms with Gasteiger partial charge in [-0.1, -0.05) is 18.2 Å². The molecule has 0 saturated heterocycles. The van der Waals surface area contributed by atoms with Crippen molar-refractivity contribution in [1.29, 1.82) is 0 Å². The Labute approximate surface area is 76.6 Å². The molecule has 67 valence electrons. The van der Waals surface area contributed by atoms with Gasteiger partial charge < -0.3 is 5.73 Å². The SMILES string of the molecule is C=CC(N)C1C=CC=C([C]=O)C1=O. The molecule has 0 saturated carbocycles. The molecule has 0 aromatic carbocycles. The lowest BCUT2D eigenvalue weighted by molar-refractivity contribution is -0.117. The zero-order chi connectivity index (χ0) is 9.84. The summed E-state index contributed by atoms with van der Waals surface area (Å²) in [4.78, 5) is 21.8. The van der Waals surface area contributed by atoms with Gasteiger partial charge in [0.15, 0.2) is 5.78 Å². The molecule has 0 fully saturated rings. The molecule has 0 aromatic heterocycles. The second-order valence-electron chi connectivity index (χ2n) is 2.77. The highest BCUT2D eigenvalue weighted by Crippen LogP contribution is 2.16. The third kappa shape index (κ3) is 1.81. The van der Waals surface area contributed by atoms with Gasteiger partial charge in [-0.25, -0.2) is 0 Å². The zero-order valence-electron chi connectivity index (χ0n) is 7.07. The van der Waals surface area contributed by atoms with Gasteiger partial charge in [0.2, 0.25) is 6.29 Å². The normalized spacial score (nSPS) is 23.6. The largest absolute Gasteiger partial charge is 0.324 e. The van der Waals surface area contributed by atoms with E-state index >= 15 is 0 Å². The second-order valence-corrected chi connectivity index (χ2v) is 2.77. The van der Waals surface area contributed by atoms with Crippen molar-refractivity contribution in [1.82, 2.24) is 0 Å². The number of hydrogen-bond acceptors (Lipinski definition) is 3. The summed E-state index contributed by atoms with van der Waals surface area (Å²) < 4.78 is 0. The summed E-state index contributed by atoms with van der Waals surface area (Å²) >= 11 is 0. The van der Waals surface area contributed by atoms with Gasteiger partial charge in [0, 0.05) is 6.04 Å². The minimum Gasteiger partial charge on any atom is -0.324 e. The van der Waals surface area contributed by atoms with Crippen LogP contribution in [0.2, 0.25) is 0 Å². The number of ketones is 1. The van der Waals surface area contributed by atoms with Gasteiger partial charge >= 0.3 is 0 Å². The Bertz CT molecular complexity index is 302. The quantitative estimate of drug-likeness (QED) is 0.496. The van der Waals surface area contributed by atoms with Crippen LogP contribution in [-0.2, 0) is 9.59 Å². The zero-order valence-corrected chi connectivity index (χ0v) is 7.07. The molecule has 1 aliphatic rings. The van der Waals surface area contributed by atoms with Crippen LogP contribution >= 0.6 is 0 Å². The molecule has 0 amide bonds. The predicted octanol–water partition coefficient (Wildman–Crippen LogP) is 0.291. The summed E-state index contributed by atoms with van der Waals surface area (Å²) in [5.74, 6) is -0.760. The van der Waals surface area contributed by atoms with Crippen LogP contribution in [0.15, 0.2) is 36.5 Å². The van der Waals surface area contributed by atoms with Crippen molar-refractivity contribution in [2.45, 2.75) is 6.04 Å². The highest BCUT2D eigenvalue weighted by Gasteiger charge is 2.25. The fourth-order valence-electron chi connectivity index (χ4n) is 1.15. The fraction of sp³-hybridized carbons (Fsp3) is 0.200. The number of hydrogen-bond donors (Lipinski definition) is 1. The Morgan fingerprint density at radius 1 is 1.69 bits per heavy atom.